The number of nitrogens with zero attached hydrogens (tertiary/aromatic N) is 2. The molecule has 1 aliphatic heterocycles. The van der Waals surface area contributed by atoms with Crippen LogP contribution in [-0.2, 0) is 4.79 Å². The lowest BCUT2D eigenvalue weighted by Gasteiger charge is -2.22. The van der Waals surface area contributed by atoms with Gasteiger partial charge in [0.05, 0.1) is 23.7 Å². The maximum Gasteiger partial charge on any atom is 0.240 e. The molecule has 1 N–H and O–H groups in total. The number of hydrogen-bond donors (Lipinski definition) is 1. The first-order valence-electron chi connectivity index (χ1n) is 6.89. The highest BCUT2D eigenvalue weighted by atomic mass is 32.1. The Morgan fingerprint density at radius 2 is 2.23 bits per heavy atom. The summed E-state index contributed by atoms with van der Waals surface area (Å²) in [6.45, 7) is 1.48. The van der Waals surface area contributed by atoms with Crippen molar-refractivity contribution < 1.29 is 14.6 Å². The first-order valence-corrected chi connectivity index (χ1v) is 7.76. The van der Waals surface area contributed by atoms with Gasteiger partial charge in [-0.25, -0.2) is 5.01 Å². The predicted molar refractivity (Wildman–Crippen MR) is 85.4 cm³/mol. The molecule has 22 heavy (non-hydrogen) atoms. The molecule has 2 heterocycles. The van der Waals surface area contributed by atoms with Crippen LogP contribution < -0.4 is 4.74 Å². The number of carbonyl (C=O) groups is 1. The van der Waals surface area contributed by atoms with Gasteiger partial charge >= 0.3 is 0 Å². The van der Waals surface area contributed by atoms with E-state index in [1.807, 2.05) is 17.5 Å². The quantitative estimate of drug-likeness (QED) is 0.946. The van der Waals surface area contributed by atoms with Crippen molar-refractivity contribution in [1.29, 1.82) is 0 Å². The maximum atomic E-state index is 11.9. The van der Waals surface area contributed by atoms with E-state index in [-0.39, 0.29) is 17.7 Å². The number of methoxy groups -OCH3 is 1. The van der Waals surface area contributed by atoms with Crippen LogP contribution in [0.4, 0.5) is 0 Å². The van der Waals surface area contributed by atoms with Crippen LogP contribution in [0, 0.1) is 0 Å². The number of para-hydroxylation sites is 1. The standard InChI is InChI=1S/C16H16N2O3S/c1-10(19)18-13(9-12(17-18)15-7-4-8-22-15)11-5-3-6-14(21-2)16(11)20/h3-8,13,20H,9H2,1-2H3/t13-/m1/s1. The van der Waals surface area contributed by atoms with Crippen LogP contribution in [0.5, 0.6) is 11.5 Å². The Labute approximate surface area is 132 Å². The van der Waals surface area contributed by atoms with E-state index in [1.165, 1.54) is 19.0 Å². The van der Waals surface area contributed by atoms with Gasteiger partial charge < -0.3 is 9.84 Å². The number of ether oxygens (including phenoxy) is 1. The van der Waals surface area contributed by atoms with Gasteiger partial charge in [-0.3, -0.25) is 4.79 Å². The fourth-order valence-electron chi connectivity index (χ4n) is 2.61. The number of carbonyl (C=O) groups excluding carboxylic acids is 1. The van der Waals surface area contributed by atoms with Crippen molar-refractivity contribution in [3.05, 3.63) is 46.2 Å². The topological polar surface area (TPSA) is 62.1 Å². The molecular weight excluding hydrogens is 300 g/mol. The number of hydrazone groups is 1. The van der Waals surface area contributed by atoms with Crippen molar-refractivity contribution in [2.75, 3.05) is 7.11 Å². The van der Waals surface area contributed by atoms with Crippen LogP contribution in [0.25, 0.3) is 0 Å². The normalized spacial score (nSPS) is 17.5. The van der Waals surface area contributed by atoms with E-state index in [9.17, 15) is 9.90 Å². The molecule has 0 radical (unpaired) electrons. The average Bonchev–Trinajstić information content (AvgIpc) is 3.16. The zero-order chi connectivity index (χ0) is 15.7. The molecule has 1 atom stereocenters. The lowest BCUT2D eigenvalue weighted by atomic mass is 10.00. The average molecular weight is 316 g/mol. The monoisotopic (exact) mass is 316 g/mol. The number of hydrogen-bond acceptors (Lipinski definition) is 5. The predicted octanol–water partition coefficient (Wildman–Crippen LogP) is 3.16. The Hall–Kier alpha value is -2.34. The molecule has 1 aromatic heterocycles. The van der Waals surface area contributed by atoms with Crippen molar-refractivity contribution in [2.45, 2.75) is 19.4 Å². The number of amides is 1. The zero-order valence-electron chi connectivity index (χ0n) is 12.3. The van der Waals surface area contributed by atoms with Gasteiger partial charge in [-0.2, -0.15) is 5.10 Å². The summed E-state index contributed by atoms with van der Waals surface area (Å²) in [7, 11) is 1.50. The minimum atomic E-state index is -0.315. The van der Waals surface area contributed by atoms with E-state index in [0.717, 1.165) is 10.6 Å². The maximum absolute atomic E-state index is 11.9. The van der Waals surface area contributed by atoms with Crippen molar-refractivity contribution in [3.8, 4) is 11.5 Å². The van der Waals surface area contributed by atoms with Crippen LogP contribution in [0.15, 0.2) is 40.8 Å². The number of thiophene rings is 1. The second-order valence-corrected chi connectivity index (χ2v) is 5.95. The van der Waals surface area contributed by atoms with E-state index >= 15 is 0 Å². The molecule has 1 aliphatic rings. The largest absolute Gasteiger partial charge is 0.504 e. The molecule has 1 amide bonds. The van der Waals surface area contributed by atoms with Crippen molar-refractivity contribution in [2.24, 2.45) is 5.10 Å². The molecule has 0 aliphatic carbocycles. The van der Waals surface area contributed by atoms with Crippen LogP contribution >= 0.6 is 11.3 Å². The number of rotatable bonds is 3. The fourth-order valence-corrected chi connectivity index (χ4v) is 3.33. The second-order valence-electron chi connectivity index (χ2n) is 5.01. The van der Waals surface area contributed by atoms with Crippen LogP contribution in [-0.4, -0.2) is 28.8 Å². The Morgan fingerprint density at radius 3 is 2.86 bits per heavy atom. The second kappa shape index (κ2) is 5.81. The molecule has 0 saturated heterocycles. The van der Waals surface area contributed by atoms with Gasteiger partial charge in [0.15, 0.2) is 11.5 Å². The molecular formula is C16H16N2O3S. The summed E-state index contributed by atoms with van der Waals surface area (Å²) >= 11 is 1.59. The molecule has 2 aromatic rings. The lowest BCUT2D eigenvalue weighted by Crippen LogP contribution is -2.24. The van der Waals surface area contributed by atoms with Gasteiger partial charge in [0.2, 0.25) is 5.91 Å². The molecule has 0 bridgehead atoms. The minimum absolute atomic E-state index is 0.0591. The highest BCUT2D eigenvalue weighted by Gasteiger charge is 2.33. The Morgan fingerprint density at radius 1 is 1.41 bits per heavy atom. The first-order chi connectivity index (χ1) is 10.6. The van der Waals surface area contributed by atoms with E-state index in [4.69, 9.17) is 4.74 Å². The highest BCUT2D eigenvalue weighted by molar-refractivity contribution is 7.12. The van der Waals surface area contributed by atoms with Crippen LogP contribution in [0.3, 0.4) is 0 Å². The van der Waals surface area contributed by atoms with Crippen molar-refractivity contribution >= 4 is 23.0 Å². The van der Waals surface area contributed by atoms with E-state index in [0.29, 0.717) is 17.7 Å². The molecule has 0 fully saturated rings. The van der Waals surface area contributed by atoms with E-state index in [1.54, 1.807) is 29.5 Å². The molecule has 114 valence electrons. The molecule has 6 heteroatoms. The SMILES string of the molecule is COc1cccc([C@H]2CC(c3cccs3)=NN2C(C)=O)c1O. The smallest absolute Gasteiger partial charge is 0.240 e. The summed E-state index contributed by atoms with van der Waals surface area (Å²) in [6.07, 6.45) is 0.570. The van der Waals surface area contributed by atoms with Gasteiger partial charge in [-0.15, -0.1) is 11.3 Å². The third-order valence-corrected chi connectivity index (χ3v) is 4.57. The molecule has 5 nitrogen and oxygen atoms in total. The Bertz CT molecular complexity index is 725. The van der Waals surface area contributed by atoms with Crippen molar-refractivity contribution in [1.82, 2.24) is 5.01 Å². The molecule has 0 spiro atoms. The fraction of sp³-hybridized carbons (Fsp3) is 0.250. The van der Waals surface area contributed by atoms with E-state index in [2.05, 4.69) is 5.10 Å². The summed E-state index contributed by atoms with van der Waals surface area (Å²) in [6, 6.07) is 8.91. The Kier molecular flexibility index (Phi) is 3.85. The molecule has 3 rings (SSSR count). The molecule has 0 unspecified atom stereocenters. The summed E-state index contributed by atoms with van der Waals surface area (Å²) < 4.78 is 5.15. The molecule has 1 aromatic carbocycles. The summed E-state index contributed by atoms with van der Waals surface area (Å²) in [5, 5.41) is 18.2. The Balaban J connectivity index is 1.99. The number of benzene rings is 1. The number of phenols is 1. The lowest BCUT2D eigenvalue weighted by molar-refractivity contribution is -0.130. The van der Waals surface area contributed by atoms with Gasteiger partial charge in [-0.1, -0.05) is 18.2 Å². The van der Waals surface area contributed by atoms with E-state index < -0.39 is 0 Å². The zero-order valence-corrected chi connectivity index (χ0v) is 13.1. The summed E-state index contributed by atoms with van der Waals surface area (Å²) in [4.78, 5) is 13.0. The van der Waals surface area contributed by atoms with Crippen LogP contribution in [0.1, 0.15) is 29.8 Å². The third kappa shape index (κ3) is 2.46. The van der Waals surface area contributed by atoms with Gasteiger partial charge in [0.1, 0.15) is 0 Å². The molecule has 0 saturated carbocycles. The number of aromatic hydroxyl groups is 1. The summed E-state index contributed by atoms with van der Waals surface area (Å²) in [5.74, 6) is 0.299. The van der Waals surface area contributed by atoms with Gasteiger partial charge in [0.25, 0.3) is 0 Å². The minimum Gasteiger partial charge on any atom is -0.504 e. The van der Waals surface area contributed by atoms with Gasteiger partial charge in [0, 0.05) is 18.9 Å². The third-order valence-electron chi connectivity index (χ3n) is 3.65. The van der Waals surface area contributed by atoms with Gasteiger partial charge in [-0.05, 0) is 17.5 Å². The summed E-state index contributed by atoms with van der Waals surface area (Å²) in [5.41, 5.74) is 1.50. The van der Waals surface area contributed by atoms with Crippen molar-refractivity contribution in [3.63, 3.8) is 0 Å². The van der Waals surface area contributed by atoms with Crippen LogP contribution in [0.2, 0.25) is 0 Å². The number of phenolic OH excluding ortho intramolecular Hbond substituents is 1. The highest BCUT2D eigenvalue weighted by Crippen LogP contribution is 2.41. The first kappa shape index (κ1) is 14.6.